The highest BCUT2D eigenvalue weighted by Crippen LogP contribution is 2.10. The van der Waals surface area contributed by atoms with Gasteiger partial charge in [0, 0.05) is 11.9 Å². The number of nitrogens with one attached hydrogen (secondary N) is 1. The first-order valence-electron chi connectivity index (χ1n) is 4.77. The Balaban J connectivity index is 2.46. The number of pyridine rings is 1. The number of methoxy groups -OCH3 is 1. The molecule has 0 saturated heterocycles. The number of carbonyl (C=O) groups excluding carboxylic acids is 2. The van der Waals surface area contributed by atoms with Crippen molar-refractivity contribution in [3.8, 4) is 0 Å². The van der Waals surface area contributed by atoms with Gasteiger partial charge >= 0.3 is 5.97 Å². The topological polar surface area (TPSA) is 94.3 Å². The number of thioether (sulfide) groups is 1. The molecule has 0 aliphatic heterocycles. The molecule has 0 aliphatic rings. The molecule has 0 unspecified atom stereocenters. The van der Waals surface area contributed by atoms with Gasteiger partial charge in [0.25, 0.3) is 5.91 Å². The largest absolute Gasteiger partial charge is 0.468 e. The van der Waals surface area contributed by atoms with Crippen LogP contribution < -0.4 is 11.3 Å². The first-order chi connectivity index (χ1) is 8.17. The minimum atomic E-state index is -0.383. The molecule has 0 radical (unpaired) electrons. The summed E-state index contributed by atoms with van der Waals surface area (Å²) in [6.45, 7) is 0. The van der Waals surface area contributed by atoms with Crippen LogP contribution in [0.1, 0.15) is 16.1 Å². The van der Waals surface area contributed by atoms with Crippen LogP contribution in [0.4, 0.5) is 0 Å². The van der Waals surface area contributed by atoms with E-state index in [0.29, 0.717) is 11.3 Å². The van der Waals surface area contributed by atoms with E-state index in [1.807, 2.05) is 5.43 Å². The number of amides is 1. The molecular weight excluding hydrogens is 242 g/mol. The summed E-state index contributed by atoms with van der Waals surface area (Å²) in [7, 11) is 1.35. The van der Waals surface area contributed by atoms with Crippen molar-refractivity contribution in [2.45, 2.75) is 5.75 Å². The zero-order valence-corrected chi connectivity index (χ0v) is 10.1. The molecule has 0 aromatic carbocycles. The molecule has 1 rings (SSSR count). The molecule has 1 heterocycles. The fourth-order valence-corrected chi connectivity index (χ4v) is 1.79. The van der Waals surface area contributed by atoms with Crippen molar-refractivity contribution in [1.82, 2.24) is 10.4 Å². The van der Waals surface area contributed by atoms with Gasteiger partial charge in [-0.1, -0.05) is 0 Å². The van der Waals surface area contributed by atoms with Gasteiger partial charge < -0.3 is 4.74 Å². The van der Waals surface area contributed by atoms with Gasteiger partial charge in [0.2, 0.25) is 0 Å². The monoisotopic (exact) mass is 255 g/mol. The maximum atomic E-state index is 11.1. The number of nitrogens with zero attached hydrogens (tertiary/aromatic N) is 1. The van der Waals surface area contributed by atoms with Crippen LogP contribution in [0.5, 0.6) is 0 Å². The number of aromatic nitrogens is 1. The van der Waals surface area contributed by atoms with Crippen molar-refractivity contribution in [2.75, 3.05) is 12.9 Å². The van der Waals surface area contributed by atoms with Gasteiger partial charge in [-0.15, -0.1) is 11.8 Å². The Kier molecular flexibility index (Phi) is 5.44. The van der Waals surface area contributed by atoms with E-state index in [2.05, 4.69) is 9.72 Å². The fraction of sp³-hybridized carbons (Fsp3) is 0.300. The smallest absolute Gasteiger partial charge is 0.315 e. The Bertz CT molecular complexity index is 394. The molecule has 0 spiro atoms. The molecule has 0 saturated carbocycles. The number of nitrogen functional groups attached to an aromatic ring is 1. The standard InChI is InChI=1S/C10H13N3O3S/c1-16-9(14)6-17-5-8-3-2-7(4-12-8)10(15)13-11/h2-4H,5-6,11H2,1H3,(H,13,15). The summed E-state index contributed by atoms with van der Waals surface area (Å²) in [4.78, 5) is 26.1. The van der Waals surface area contributed by atoms with Crippen LogP contribution in [0.3, 0.4) is 0 Å². The minimum Gasteiger partial charge on any atom is -0.468 e. The average Bonchev–Trinajstić information content (AvgIpc) is 2.38. The lowest BCUT2D eigenvalue weighted by molar-refractivity contribution is -0.137. The van der Waals surface area contributed by atoms with Crippen molar-refractivity contribution in [1.29, 1.82) is 0 Å². The van der Waals surface area contributed by atoms with Crippen LogP contribution in [0, 0.1) is 0 Å². The van der Waals surface area contributed by atoms with E-state index < -0.39 is 0 Å². The van der Waals surface area contributed by atoms with Crippen molar-refractivity contribution in [3.63, 3.8) is 0 Å². The molecule has 92 valence electrons. The molecule has 1 aromatic rings. The average molecular weight is 255 g/mol. The first kappa shape index (κ1) is 13.5. The molecule has 0 aliphatic carbocycles. The summed E-state index contributed by atoms with van der Waals surface area (Å²) in [6.07, 6.45) is 1.44. The Morgan fingerprint density at radius 2 is 2.29 bits per heavy atom. The van der Waals surface area contributed by atoms with Crippen LogP contribution in [-0.4, -0.2) is 29.7 Å². The van der Waals surface area contributed by atoms with Gasteiger partial charge in [0.05, 0.1) is 24.1 Å². The highest BCUT2D eigenvalue weighted by Gasteiger charge is 2.05. The summed E-state index contributed by atoms with van der Waals surface area (Å²) in [5.74, 6) is 5.20. The second kappa shape index (κ2) is 6.87. The lowest BCUT2D eigenvalue weighted by Crippen LogP contribution is -2.30. The third kappa shape index (κ3) is 4.41. The van der Waals surface area contributed by atoms with Crippen molar-refractivity contribution in [2.24, 2.45) is 5.84 Å². The van der Waals surface area contributed by atoms with Gasteiger partial charge in [-0.05, 0) is 12.1 Å². The number of nitrogens with two attached hydrogens (primary N) is 1. The summed E-state index contributed by atoms with van der Waals surface area (Å²) >= 11 is 1.40. The van der Waals surface area contributed by atoms with E-state index in [1.54, 1.807) is 12.1 Å². The maximum Gasteiger partial charge on any atom is 0.315 e. The van der Waals surface area contributed by atoms with Crippen LogP contribution in [0.15, 0.2) is 18.3 Å². The van der Waals surface area contributed by atoms with E-state index in [-0.39, 0.29) is 17.6 Å². The zero-order chi connectivity index (χ0) is 12.7. The number of hydrogen-bond acceptors (Lipinski definition) is 6. The molecule has 3 N–H and O–H groups in total. The molecular formula is C10H13N3O3S. The third-order valence-corrected chi connectivity index (χ3v) is 2.86. The van der Waals surface area contributed by atoms with Crippen LogP contribution >= 0.6 is 11.8 Å². The number of ether oxygens (including phenoxy) is 1. The Morgan fingerprint density at radius 1 is 1.53 bits per heavy atom. The van der Waals surface area contributed by atoms with Crippen molar-refractivity contribution in [3.05, 3.63) is 29.6 Å². The van der Waals surface area contributed by atoms with Crippen LogP contribution in [0.25, 0.3) is 0 Å². The maximum absolute atomic E-state index is 11.1. The highest BCUT2D eigenvalue weighted by atomic mass is 32.2. The van der Waals surface area contributed by atoms with E-state index >= 15 is 0 Å². The van der Waals surface area contributed by atoms with Crippen LogP contribution in [-0.2, 0) is 15.3 Å². The normalized spacial score (nSPS) is 9.76. The molecule has 1 amide bonds. The van der Waals surface area contributed by atoms with Gasteiger partial charge in [0.15, 0.2) is 0 Å². The van der Waals surface area contributed by atoms with Gasteiger partial charge in [-0.25, -0.2) is 5.84 Å². The van der Waals surface area contributed by atoms with Gasteiger partial charge in [-0.3, -0.25) is 20.0 Å². The second-order valence-electron chi connectivity index (χ2n) is 3.08. The second-order valence-corrected chi connectivity index (χ2v) is 4.07. The predicted octanol–water partition coefficient (Wildman–Crippen LogP) is 0.0913. The molecule has 1 aromatic heterocycles. The van der Waals surface area contributed by atoms with Gasteiger partial charge in [-0.2, -0.15) is 0 Å². The molecule has 17 heavy (non-hydrogen) atoms. The number of carbonyl (C=O) groups is 2. The Morgan fingerprint density at radius 3 is 2.82 bits per heavy atom. The Hall–Kier alpha value is -1.60. The third-order valence-electron chi connectivity index (χ3n) is 1.92. The lowest BCUT2D eigenvalue weighted by Gasteiger charge is -2.02. The van der Waals surface area contributed by atoms with Crippen molar-refractivity contribution >= 4 is 23.6 Å². The molecule has 7 heteroatoms. The van der Waals surface area contributed by atoms with E-state index in [1.165, 1.54) is 25.1 Å². The number of hydrazine groups is 1. The summed E-state index contributed by atoms with van der Waals surface area (Å²) in [6, 6.07) is 3.35. The minimum absolute atomic E-state index is 0.269. The number of esters is 1. The highest BCUT2D eigenvalue weighted by molar-refractivity contribution is 7.99. The molecule has 0 fully saturated rings. The van der Waals surface area contributed by atoms with Crippen LogP contribution in [0.2, 0.25) is 0 Å². The van der Waals surface area contributed by atoms with Crippen molar-refractivity contribution < 1.29 is 14.3 Å². The molecule has 6 nitrogen and oxygen atoms in total. The first-order valence-corrected chi connectivity index (χ1v) is 5.93. The van der Waals surface area contributed by atoms with E-state index in [9.17, 15) is 9.59 Å². The molecule has 0 atom stereocenters. The zero-order valence-electron chi connectivity index (χ0n) is 9.30. The van der Waals surface area contributed by atoms with E-state index in [4.69, 9.17) is 5.84 Å². The van der Waals surface area contributed by atoms with Gasteiger partial charge in [0.1, 0.15) is 0 Å². The summed E-state index contributed by atoms with van der Waals surface area (Å²) < 4.78 is 4.51. The van der Waals surface area contributed by atoms with E-state index in [0.717, 1.165) is 5.69 Å². The summed E-state index contributed by atoms with van der Waals surface area (Å²) in [5.41, 5.74) is 3.20. The quantitative estimate of drug-likeness (QED) is 0.335. The number of rotatable bonds is 5. The molecule has 0 bridgehead atoms. The fourth-order valence-electron chi connectivity index (χ4n) is 1.03. The SMILES string of the molecule is COC(=O)CSCc1ccc(C(=O)NN)cn1. The lowest BCUT2D eigenvalue weighted by atomic mass is 10.2. The Labute approximate surface area is 103 Å². The number of hydrogen-bond donors (Lipinski definition) is 2. The predicted molar refractivity (Wildman–Crippen MR) is 64.1 cm³/mol. The summed E-state index contributed by atoms with van der Waals surface area (Å²) in [5, 5.41) is 0.